The Balaban J connectivity index is 1.69. The van der Waals surface area contributed by atoms with Crippen LogP contribution in [0.15, 0.2) is 18.2 Å². The fourth-order valence-electron chi connectivity index (χ4n) is 4.30. The van der Waals surface area contributed by atoms with Gasteiger partial charge in [0.1, 0.15) is 18.6 Å². The summed E-state index contributed by atoms with van der Waals surface area (Å²) in [5.74, 6) is -1.05. The van der Waals surface area contributed by atoms with E-state index in [0.717, 1.165) is 28.9 Å². The third-order valence-electron chi connectivity index (χ3n) is 6.63. The second-order valence-corrected chi connectivity index (χ2v) is 8.69. The normalized spacial score (nSPS) is 18.3. The molecule has 1 aliphatic carbocycles. The molecule has 8 nitrogen and oxygen atoms in total. The maximum Gasteiger partial charge on any atom is 0.325 e. The zero-order valence-corrected chi connectivity index (χ0v) is 18.8. The molecule has 5 amide bonds. The molecule has 168 valence electrons. The van der Waals surface area contributed by atoms with E-state index in [2.05, 4.69) is 10.6 Å². The van der Waals surface area contributed by atoms with E-state index < -0.39 is 17.5 Å². The zero-order valence-electron chi connectivity index (χ0n) is 18.8. The number of urea groups is 1. The van der Waals surface area contributed by atoms with Crippen LogP contribution in [0.2, 0.25) is 0 Å². The van der Waals surface area contributed by atoms with Gasteiger partial charge in [0.25, 0.3) is 5.91 Å². The summed E-state index contributed by atoms with van der Waals surface area (Å²) in [6.07, 6.45) is 3.62. The fraction of sp³-hybridized carbons (Fsp3) is 0.565. The minimum Gasteiger partial charge on any atom is -0.329 e. The molecule has 1 atom stereocenters. The second-order valence-electron chi connectivity index (χ2n) is 8.69. The molecule has 1 aliphatic heterocycles. The summed E-state index contributed by atoms with van der Waals surface area (Å²) >= 11 is 0. The van der Waals surface area contributed by atoms with Crippen LogP contribution < -0.4 is 10.6 Å². The minimum atomic E-state index is -0.849. The van der Waals surface area contributed by atoms with Crippen molar-refractivity contribution in [3.8, 4) is 0 Å². The first-order chi connectivity index (χ1) is 14.7. The molecule has 0 aromatic heterocycles. The second kappa shape index (κ2) is 9.08. The van der Waals surface area contributed by atoms with Crippen LogP contribution >= 0.6 is 0 Å². The Morgan fingerprint density at radius 1 is 1.23 bits per heavy atom. The number of benzene rings is 1. The van der Waals surface area contributed by atoms with Crippen LogP contribution in [-0.2, 0) is 14.4 Å². The first kappa shape index (κ1) is 22.8. The zero-order chi connectivity index (χ0) is 22.8. The number of hydrogen-bond donors (Lipinski definition) is 2. The highest BCUT2D eigenvalue weighted by Gasteiger charge is 2.53. The predicted molar refractivity (Wildman–Crippen MR) is 117 cm³/mol. The molecule has 2 aliphatic rings. The maximum atomic E-state index is 13.1. The smallest absolute Gasteiger partial charge is 0.325 e. The van der Waals surface area contributed by atoms with E-state index in [9.17, 15) is 19.2 Å². The third-order valence-corrected chi connectivity index (χ3v) is 6.63. The lowest BCUT2D eigenvalue weighted by molar-refractivity contribution is -0.141. The van der Waals surface area contributed by atoms with Gasteiger partial charge in [0.05, 0.1) is 0 Å². The Kier molecular flexibility index (Phi) is 6.67. The first-order valence-corrected chi connectivity index (χ1v) is 11.0. The molecule has 2 N–H and O–H groups in total. The van der Waals surface area contributed by atoms with Gasteiger partial charge in [-0.25, -0.2) is 4.79 Å². The Morgan fingerprint density at radius 2 is 1.90 bits per heavy atom. The lowest BCUT2D eigenvalue weighted by Gasteiger charge is -2.29. The number of rotatable bonds is 7. The lowest BCUT2D eigenvalue weighted by atomic mass is 9.98. The fourth-order valence-corrected chi connectivity index (χ4v) is 4.30. The average molecular weight is 429 g/mol. The van der Waals surface area contributed by atoms with Gasteiger partial charge in [-0.1, -0.05) is 31.9 Å². The molecule has 3 rings (SSSR count). The SMILES string of the molecule is CCC(C)N(CC(=O)Nc1cccc(C)c1C)C(=O)CN1C(=O)NC2(CCCC2)C1=O. The number of anilines is 1. The van der Waals surface area contributed by atoms with Crippen LogP contribution in [0.25, 0.3) is 0 Å². The average Bonchev–Trinajstić information content (AvgIpc) is 3.29. The third kappa shape index (κ3) is 4.57. The number of imide groups is 1. The van der Waals surface area contributed by atoms with E-state index in [1.807, 2.05) is 45.9 Å². The van der Waals surface area contributed by atoms with Crippen molar-refractivity contribution < 1.29 is 19.2 Å². The summed E-state index contributed by atoms with van der Waals surface area (Å²) < 4.78 is 0. The van der Waals surface area contributed by atoms with Crippen LogP contribution in [0.5, 0.6) is 0 Å². The van der Waals surface area contributed by atoms with Crippen molar-refractivity contribution in [2.75, 3.05) is 18.4 Å². The van der Waals surface area contributed by atoms with Gasteiger partial charge >= 0.3 is 6.03 Å². The Morgan fingerprint density at radius 3 is 2.55 bits per heavy atom. The van der Waals surface area contributed by atoms with Crippen molar-refractivity contribution in [1.29, 1.82) is 0 Å². The van der Waals surface area contributed by atoms with Gasteiger partial charge in [-0.05, 0) is 57.2 Å². The van der Waals surface area contributed by atoms with Crippen LogP contribution in [0.3, 0.4) is 0 Å². The van der Waals surface area contributed by atoms with Crippen molar-refractivity contribution in [3.63, 3.8) is 0 Å². The topological polar surface area (TPSA) is 98.8 Å². The Hall–Kier alpha value is -2.90. The van der Waals surface area contributed by atoms with Gasteiger partial charge in [0, 0.05) is 11.7 Å². The van der Waals surface area contributed by atoms with Gasteiger partial charge in [-0.2, -0.15) is 0 Å². The standard InChI is InChI=1S/C23H32N4O4/c1-5-16(3)26(13-19(28)24-18-10-8-9-15(2)17(18)4)20(29)14-27-21(30)23(25-22(27)31)11-6-7-12-23/h8-10,16H,5-7,11-14H2,1-4H3,(H,24,28)(H,25,31). The summed E-state index contributed by atoms with van der Waals surface area (Å²) in [7, 11) is 0. The van der Waals surface area contributed by atoms with Crippen molar-refractivity contribution in [1.82, 2.24) is 15.1 Å². The van der Waals surface area contributed by atoms with Crippen molar-refractivity contribution in [3.05, 3.63) is 29.3 Å². The van der Waals surface area contributed by atoms with Gasteiger partial charge < -0.3 is 15.5 Å². The molecule has 0 radical (unpaired) electrons. The molecule has 1 unspecified atom stereocenters. The van der Waals surface area contributed by atoms with Crippen LogP contribution in [0.4, 0.5) is 10.5 Å². The monoisotopic (exact) mass is 428 g/mol. The number of hydrogen-bond acceptors (Lipinski definition) is 4. The molecule has 8 heteroatoms. The Bertz CT molecular complexity index is 892. The van der Waals surface area contributed by atoms with E-state index in [0.29, 0.717) is 24.9 Å². The van der Waals surface area contributed by atoms with E-state index in [-0.39, 0.29) is 30.9 Å². The quantitative estimate of drug-likeness (QED) is 0.653. The molecular formula is C23H32N4O4. The lowest BCUT2D eigenvalue weighted by Crippen LogP contribution is -2.49. The van der Waals surface area contributed by atoms with Gasteiger partial charge in [0.15, 0.2) is 0 Å². The summed E-state index contributed by atoms with van der Waals surface area (Å²) in [4.78, 5) is 53.5. The molecule has 0 bridgehead atoms. The largest absolute Gasteiger partial charge is 0.329 e. The van der Waals surface area contributed by atoms with Crippen molar-refractivity contribution >= 4 is 29.4 Å². The predicted octanol–water partition coefficient (Wildman–Crippen LogP) is 2.73. The van der Waals surface area contributed by atoms with E-state index in [1.165, 1.54) is 4.90 Å². The molecule has 1 saturated carbocycles. The number of amides is 5. The number of carbonyl (C=O) groups is 4. The Labute approximate surface area is 183 Å². The van der Waals surface area contributed by atoms with Gasteiger partial charge in [-0.15, -0.1) is 0 Å². The minimum absolute atomic E-state index is 0.143. The number of carbonyl (C=O) groups excluding carboxylic acids is 4. The van der Waals surface area contributed by atoms with E-state index in [1.54, 1.807) is 0 Å². The highest BCUT2D eigenvalue weighted by molar-refractivity contribution is 6.09. The number of nitrogens with zero attached hydrogens (tertiary/aromatic N) is 2. The highest BCUT2D eigenvalue weighted by atomic mass is 16.2. The highest BCUT2D eigenvalue weighted by Crippen LogP contribution is 2.35. The number of nitrogens with one attached hydrogen (secondary N) is 2. The van der Waals surface area contributed by atoms with Gasteiger partial charge in [0.2, 0.25) is 11.8 Å². The molecule has 1 aromatic rings. The molecule has 2 fully saturated rings. The van der Waals surface area contributed by atoms with Crippen molar-refractivity contribution in [2.45, 2.75) is 71.4 Å². The molecule has 1 heterocycles. The summed E-state index contributed by atoms with van der Waals surface area (Å²) in [6.45, 7) is 7.18. The molecular weight excluding hydrogens is 396 g/mol. The summed E-state index contributed by atoms with van der Waals surface area (Å²) in [5.41, 5.74) is 1.89. The molecule has 31 heavy (non-hydrogen) atoms. The maximum absolute atomic E-state index is 13.1. The summed E-state index contributed by atoms with van der Waals surface area (Å²) in [5, 5.41) is 5.66. The van der Waals surface area contributed by atoms with E-state index >= 15 is 0 Å². The first-order valence-electron chi connectivity index (χ1n) is 11.0. The number of aryl methyl sites for hydroxylation is 1. The molecule has 1 saturated heterocycles. The van der Waals surface area contributed by atoms with Crippen LogP contribution in [0, 0.1) is 13.8 Å². The van der Waals surface area contributed by atoms with Crippen LogP contribution in [0.1, 0.15) is 57.1 Å². The van der Waals surface area contributed by atoms with Crippen molar-refractivity contribution in [2.24, 2.45) is 0 Å². The van der Waals surface area contributed by atoms with E-state index in [4.69, 9.17) is 0 Å². The van der Waals surface area contributed by atoms with Crippen LogP contribution in [-0.4, -0.2) is 58.2 Å². The van der Waals surface area contributed by atoms with Gasteiger partial charge in [-0.3, -0.25) is 19.3 Å². The molecule has 1 aromatic carbocycles. The summed E-state index contributed by atoms with van der Waals surface area (Å²) in [6, 6.07) is 4.92. The molecule has 1 spiro atoms.